The van der Waals surface area contributed by atoms with Crippen LogP contribution in [-0.2, 0) is 11.2 Å². The Morgan fingerprint density at radius 2 is 2.21 bits per heavy atom. The molecule has 7 heteroatoms. The Hall–Kier alpha value is -2.15. The van der Waals surface area contributed by atoms with Gasteiger partial charge >= 0.3 is 0 Å². The van der Waals surface area contributed by atoms with Gasteiger partial charge in [-0.25, -0.2) is 0 Å². The number of hydrazone groups is 1. The standard InChI is InChI=1S/C22H30ClN5O/c1-5-21(27(4)24-3)25-16(2)20-15-17-7-6-8-18(23)22(17)19(26-20)9-10-28-11-13-29-14-12-28/h5-8,15-16,25H,3,9-14H2,1-2,4H3/b21-5-/t16-/m0/s1. The molecule has 0 saturated carbocycles. The van der Waals surface area contributed by atoms with E-state index in [2.05, 4.69) is 41.1 Å². The number of pyridine rings is 1. The van der Waals surface area contributed by atoms with Gasteiger partial charge in [-0.2, -0.15) is 5.10 Å². The second-order valence-electron chi connectivity index (χ2n) is 7.24. The third kappa shape index (κ3) is 5.26. The Bertz CT molecular complexity index is 879. The quantitative estimate of drug-likeness (QED) is 0.524. The van der Waals surface area contributed by atoms with Crippen LogP contribution in [0.1, 0.15) is 31.3 Å². The van der Waals surface area contributed by atoms with Crippen LogP contribution in [0.25, 0.3) is 10.8 Å². The van der Waals surface area contributed by atoms with Crippen LogP contribution in [-0.4, -0.2) is 61.5 Å². The third-order valence-corrected chi connectivity index (χ3v) is 5.63. The lowest BCUT2D eigenvalue weighted by molar-refractivity contribution is 0.0384. The molecule has 1 aliphatic rings. The fourth-order valence-electron chi connectivity index (χ4n) is 3.60. The minimum absolute atomic E-state index is 0.0101. The molecule has 156 valence electrons. The van der Waals surface area contributed by atoms with Crippen molar-refractivity contribution in [3.63, 3.8) is 0 Å². The molecule has 2 heterocycles. The number of benzene rings is 1. The van der Waals surface area contributed by atoms with E-state index in [9.17, 15) is 0 Å². The molecule has 1 fully saturated rings. The van der Waals surface area contributed by atoms with Crippen LogP contribution in [0.3, 0.4) is 0 Å². The molecule has 0 radical (unpaired) electrons. The van der Waals surface area contributed by atoms with Crippen molar-refractivity contribution in [1.29, 1.82) is 0 Å². The van der Waals surface area contributed by atoms with E-state index in [-0.39, 0.29) is 6.04 Å². The first-order chi connectivity index (χ1) is 14.0. The minimum Gasteiger partial charge on any atom is -0.379 e. The molecule has 0 bridgehead atoms. The average Bonchev–Trinajstić information content (AvgIpc) is 2.75. The minimum atomic E-state index is 0.0101. The van der Waals surface area contributed by atoms with Gasteiger partial charge in [-0.1, -0.05) is 23.7 Å². The predicted octanol–water partition coefficient (Wildman–Crippen LogP) is 3.82. The summed E-state index contributed by atoms with van der Waals surface area (Å²) in [5, 5.41) is 12.1. The summed E-state index contributed by atoms with van der Waals surface area (Å²) in [6, 6.07) is 8.16. The molecule has 1 aromatic carbocycles. The fourth-order valence-corrected chi connectivity index (χ4v) is 3.89. The Morgan fingerprint density at radius 3 is 2.90 bits per heavy atom. The SMILES string of the molecule is C=NN(C)/C(=C\C)N[C@@H](C)c1cc2cccc(Cl)c2c(CCN2CCOCC2)n1. The van der Waals surface area contributed by atoms with Crippen LogP contribution < -0.4 is 5.32 Å². The van der Waals surface area contributed by atoms with E-state index in [1.165, 1.54) is 0 Å². The van der Waals surface area contributed by atoms with E-state index in [1.807, 2.05) is 32.2 Å². The fraction of sp³-hybridized carbons (Fsp3) is 0.455. The van der Waals surface area contributed by atoms with E-state index in [4.69, 9.17) is 21.3 Å². The lowest BCUT2D eigenvalue weighted by atomic mass is 10.0. The van der Waals surface area contributed by atoms with Gasteiger partial charge in [0, 0.05) is 45.2 Å². The topological polar surface area (TPSA) is 53.0 Å². The van der Waals surface area contributed by atoms with Crippen LogP contribution in [0.2, 0.25) is 5.02 Å². The lowest BCUT2D eigenvalue weighted by Crippen LogP contribution is -2.37. The third-order valence-electron chi connectivity index (χ3n) is 5.31. The Labute approximate surface area is 178 Å². The molecule has 6 nitrogen and oxygen atoms in total. The summed E-state index contributed by atoms with van der Waals surface area (Å²) in [4.78, 5) is 7.44. The van der Waals surface area contributed by atoms with Crippen molar-refractivity contribution in [2.45, 2.75) is 26.3 Å². The van der Waals surface area contributed by atoms with Gasteiger partial charge in [0.25, 0.3) is 0 Å². The number of hydrogen-bond donors (Lipinski definition) is 1. The molecule has 1 N–H and O–H groups in total. The number of morpholine rings is 1. The average molecular weight is 416 g/mol. The molecule has 1 atom stereocenters. The van der Waals surface area contributed by atoms with Gasteiger partial charge in [-0.15, -0.1) is 0 Å². The highest BCUT2D eigenvalue weighted by Crippen LogP contribution is 2.29. The number of halogens is 1. The summed E-state index contributed by atoms with van der Waals surface area (Å²) in [6.07, 6.45) is 2.83. The highest BCUT2D eigenvalue weighted by Gasteiger charge is 2.17. The van der Waals surface area contributed by atoms with Gasteiger partial charge < -0.3 is 10.1 Å². The van der Waals surface area contributed by atoms with E-state index < -0.39 is 0 Å². The smallest absolute Gasteiger partial charge is 0.118 e. The van der Waals surface area contributed by atoms with Gasteiger partial charge in [0.05, 0.1) is 35.7 Å². The molecule has 1 aromatic heterocycles. The maximum atomic E-state index is 6.56. The molecule has 0 unspecified atom stereocenters. The van der Waals surface area contributed by atoms with Crippen molar-refractivity contribution < 1.29 is 4.74 Å². The first-order valence-corrected chi connectivity index (χ1v) is 10.4. The van der Waals surface area contributed by atoms with Gasteiger partial charge in [-0.05, 0) is 37.4 Å². The van der Waals surface area contributed by atoms with E-state index in [0.717, 1.165) is 72.3 Å². The molecular formula is C22H30ClN5O. The number of nitrogens with zero attached hydrogens (tertiary/aromatic N) is 4. The second kappa shape index (κ2) is 10.1. The molecular weight excluding hydrogens is 386 g/mol. The molecule has 2 aromatic rings. The maximum Gasteiger partial charge on any atom is 0.118 e. The Morgan fingerprint density at radius 1 is 1.45 bits per heavy atom. The number of ether oxygens (including phenoxy) is 1. The van der Waals surface area contributed by atoms with Gasteiger partial charge in [0.2, 0.25) is 0 Å². The number of aromatic nitrogens is 1. The molecule has 3 rings (SSSR count). The highest BCUT2D eigenvalue weighted by molar-refractivity contribution is 6.35. The molecule has 0 amide bonds. The Kier molecular flexibility index (Phi) is 7.47. The van der Waals surface area contributed by atoms with E-state index in [0.29, 0.717) is 0 Å². The van der Waals surface area contributed by atoms with Crippen LogP contribution >= 0.6 is 11.6 Å². The van der Waals surface area contributed by atoms with Crippen LogP contribution in [0, 0.1) is 0 Å². The molecule has 1 saturated heterocycles. The van der Waals surface area contributed by atoms with Crippen LogP contribution in [0.15, 0.2) is 41.3 Å². The largest absolute Gasteiger partial charge is 0.379 e. The van der Waals surface area contributed by atoms with Gasteiger partial charge in [-0.3, -0.25) is 14.9 Å². The van der Waals surface area contributed by atoms with Crippen LogP contribution in [0.5, 0.6) is 0 Å². The second-order valence-corrected chi connectivity index (χ2v) is 7.65. The molecule has 0 spiro atoms. The number of rotatable bonds is 8. The number of nitrogens with one attached hydrogen (secondary N) is 1. The summed E-state index contributed by atoms with van der Waals surface area (Å²) in [5.74, 6) is 0.885. The predicted molar refractivity (Wildman–Crippen MR) is 120 cm³/mol. The zero-order chi connectivity index (χ0) is 20.8. The lowest BCUT2D eigenvalue weighted by Gasteiger charge is -2.27. The van der Waals surface area contributed by atoms with Crippen molar-refractivity contribution in [2.75, 3.05) is 39.9 Å². The first-order valence-electron chi connectivity index (χ1n) is 10.0. The van der Waals surface area contributed by atoms with Crippen molar-refractivity contribution in [3.8, 4) is 0 Å². The monoisotopic (exact) mass is 415 g/mol. The number of fused-ring (bicyclic) bond motifs is 1. The normalized spacial score (nSPS) is 16.6. The maximum absolute atomic E-state index is 6.56. The molecule has 1 aliphatic heterocycles. The summed E-state index contributed by atoms with van der Waals surface area (Å²) in [7, 11) is 1.86. The zero-order valence-electron chi connectivity index (χ0n) is 17.5. The van der Waals surface area contributed by atoms with Crippen molar-refractivity contribution in [2.24, 2.45) is 5.10 Å². The van der Waals surface area contributed by atoms with Crippen LogP contribution in [0.4, 0.5) is 0 Å². The van der Waals surface area contributed by atoms with E-state index >= 15 is 0 Å². The Balaban J connectivity index is 1.88. The highest BCUT2D eigenvalue weighted by atomic mass is 35.5. The zero-order valence-corrected chi connectivity index (χ0v) is 18.2. The summed E-state index contributed by atoms with van der Waals surface area (Å²) < 4.78 is 5.46. The first kappa shape index (κ1) is 21.6. The number of hydrogen-bond acceptors (Lipinski definition) is 6. The van der Waals surface area contributed by atoms with Gasteiger partial charge in [0.15, 0.2) is 0 Å². The summed E-state index contributed by atoms with van der Waals surface area (Å²) in [5.41, 5.74) is 2.02. The number of allylic oxidation sites excluding steroid dienone is 1. The summed E-state index contributed by atoms with van der Waals surface area (Å²) >= 11 is 6.56. The molecule has 29 heavy (non-hydrogen) atoms. The molecule has 0 aliphatic carbocycles. The summed E-state index contributed by atoms with van der Waals surface area (Å²) in [6.45, 7) is 12.1. The van der Waals surface area contributed by atoms with E-state index in [1.54, 1.807) is 5.01 Å². The van der Waals surface area contributed by atoms with Crippen molar-refractivity contribution in [1.82, 2.24) is 20.2 Å². The van der Waals surface area contributed by atoms with Crippen molar-refractivity contribution >= 4 is 29.1 Å². The van der Waals surface area contributed by atoms with Gasteiger partial charge in [0.1, 0.15) is 5.82 Å². The van der Waals surface area contributed by atoms with Crippen molar-refractivity contribution in [3.05, 3.63) is 52.6 Å².